The van der Waals surface area contributed by atoms with Gasteiger partial charge in [0.1, 0.15) is 12.4 Å². The van der Waals surface area contributed by atoms with E-state index in [1.807, 2.05) is 31.2 Å². The molecular formula is C17H26N2O2. The third-order valence-corrected chi connectivity index (χ3v) is 3.79. The fourth-order valence-electron chi connectivity index (χ4n) is 2.75. The normalized spacial score (nSPS) is 19.2. The molecule has 116 valence electrons. The Morgan fingerprint density at radius 1 is 1.48 bits per heavy atom. The number of nitrogens with zero attached hydrogens (tertiary/aromatic N) is 1. The highest BCUT2D eigenvalue weighted by Crippen LogP contribution is 2.14. The number of carbonyl (C=O) groups excluding carboxylic acids is 1. The number of piperidine rings is 1. The summed E-state index contributed by atoms with van der Waals surface area (Å²) in [5, 5.41) is 2.92. The summed E-state index contributed by atoms with van der Waals surface area (Å²) >= 11 is 0. The van der Waals surface area contributed by atoms with Gasteiger partial charge in [-0.3, -0.25) is 9.69 Å². The number of rotatable bonds is 6. The Bertz CT molecular complexity index is 462. The molecule has 2 rings (SSSR count). The summed E-state index contributed by atoms with van der Waals surface area (Å²) in [4.78, 5) is 14.1. The molecule has 1 aliphatic heterocycles. The standard InChI is InChI=1S/C17H26N2O2/c1-14-5-3-7-16(11-14)21-10-8-18-17(20)13-19-9-4-6-15(2)12-19/h3,5,7,11,15H,4,6,8-10,12-13H2,1-2H3,(H,18,20). The molecule has 21 heavy (non-hydrogen) atoms. The average Bonchev–Trinajstić information content (AvgIpc) is 2.44. The van der Waals surface area contributed by atoms with Gasteiger partial charge in [0.25, 0.3) is 0 Å². The molecule has 0 spiro atoms. The van der Waals surface area contributed by atoms with Gasteiger partial charge in [0, 0.05) is 6.54 Å². The van der Waals surface area contributed by atoms with Gasteiger partial charge in [-0.15, -0.1) is 0 Å². The van der Waals surface area contributed by atoms with Crippen molar-refractivity contribution < 1.29 is 9.53 Å². The summed E-state index contributed by atoms with van der Waals surface area (Å²) in [6.45, 7) is 7.93. The van der Waals surface area contributed by atoms with Crippen molar-refractivity contribution >= 4 is 5.91 Å². The lowest BCUT2D eigenvalue weighted by atomic mass is 10.0. The topological polar surface area (TPSA) is 41.6 Å². The van der Waals surface area contributed by atoms with Gasteiger partial charge in [0.05, 0.1) is 13.1 Å². The molecule has 1 aliphatic rings. The number of amides is 1. The van der Waals surface area contributed by atoms with Crippen LogP contribution in [0.15, 0.2) is 24.3 Å². The molecular weight excluding hydrogens is 264 g/mol. The average molecular weight is 290 g/mol. The van der Waals surface area contributed by atoms with Gasteiger partial charge in [-0.2, -0.15) is 0 Å². The lowest BCUT2D eigenvalue weighted by molar-refractivity contribution is -0.122. The van der Waals surface area contributed by atoms with Gasteiger partial charge in [-0.25, -0.2) is 0 Å². The van der Waals surface area contributed by atoms with Gasteiger partial charge < -0.3 is 10.1 Å². The smallest absolute Gasteiger partial charge is 0.234 e. The van der Waals surface area contributed by atoms with Crippen molar-refractivity contribution in [3.05, 3.63) is 29.8 Å². The Labute approximate surface area is 127 Å². The van der Waals surface area contributed by atoms with Gasteiger partial charge in [0.2, 0.25) is 5.91 Å². The van der Waals surface area contributed by atoms with Crippen LogP contribution in [0.1, 0.15) is 25.3 Å². The Balaban J connectivity index is 1.61. The van der Waals surface area contributed by atoms with E-state index in [9.17, 15) is 4.79 Å². The van der Waals surface area contributed by atoms with E-state index in [1.165, 1.54) is 18.4 Å². The van der Waals surface area contributed by atoms with Crippen LogP contribution in [-0.2, 0) is 4.79 Å². The van der Waals surface area contributed by atoms with Crippen LogP contribution in [0.4, 0.5) is 0 Å². The highest BCUT2D eigenvalue weighted by atomic mass is 16.5. The molecule has 1 aromatic carbocycles. The second-order valence-electron chi connectivity index (χ2n) is 6.00. The molecule has 1 atom stereocenters. The molecule has 1 saturated heterocycles. The molecule has 1 aromatic rings. The zero-order chi connectivity index (χ0) is 15.1. The first-order chi connectivity index (χ1) is 10.1. The molecule has 0 radical (unpaired) electrons. The van der Waals surface area contributed by atoms with Crippen molar-refractivity contribution in [1.82, 2.24) is 10.2 Å². The molecule has 1 fully saturated rings. The monoisotopic (exact) mass is 290 g/mol. The van der Waals surface area contributed by atoms with E-state index >= 15 is 0 Å². The molecule has 1 unspecified atom stereocenters. The van der Waals surface area contributed by atoms with Gasteiger partial charge >= 0.3 is 0 Å². The second-order valence-corrected chi connectivity index (χ2v) is 6.00. The van der Waals surface area contributed by atoms with E-state index in [2.05, 4.69) is 17.1 Å². The van der Waals surface area contributed by atoms with Crippen molar-refractivity contribution in [1.29, 1.82) is 0 Å². The van der Waals surface area contributed by atoms with Gasteiger partial charge in [-0.05, 0) is 49.9 Å². The number of benzene rings is 1. The Morgan fingerprint density at radius 3 is 3.10 bits per heavy atom. The van der Waals surface area contributed by atoms with Crippen LogP contribution in [0.25, 0.3) is 0 Å². The van der Waals surface area contributed by atoms with Crippen molar-refractivity contribution in [2.24, 2.45) is 5.92 Å². The molecule has 1 amide bonds. The third kappa shape index (κ3) is 5.76. The first-order valence-electron chi connectivity index (χ1n) is 7.82. The number of hydrogen-bond donors (Lipinski definition) is 1. The van der Waals surface area contributed by atoms with Crippen molar-refractivity contribution in [2.45, 2.75) is 26.7 Å². The van der Waals surface area contributed by atoms with Crippen molar-refractivity contribution in [3.8, 4) is 5.75 Å². The van der Waals surface area contributed by atoms with E-state index in [0.29, 0.717) is 25.6 Å². The largest absolute Gasteiger partial charge is 0.492 e. The Morgan fingerprint density at radius 2 is 2.33 bits per heavy atom. The Kier molecular flexibility index (Phi) is 6.05. The van der Waals surface area contributed by atoms with Crippen LogP contribution in [-0.4, -0.2) is 43.6 Å². The number of hydrogen-bond acceptors (Lipinski definition) is 3. The molecule has 4 heteroatoms. The van der Waals surface area contributed by atoms with Crippen molar-refractivity contribution in [2.75, 3.05) is 32.8 Å². The minimum Gasteiger partial charge on any atom is -0.492 e. The third-order valence-electron chi connectivity index (χ3n) is 3.79. The quantitative estimate of drug-likeness (QED) is 0.817. The molecule has 1 heterocycles. The SMILES string of the molecule is Cc1cccc(OCCNC(=O)CN2CCCC(C)C2)c1. The minimum absolute atomic E-state index is 0.0944. The maximum Gasteiger partial charge on any atom is 0.234 e. The zero-order valence-electron chi connectivity index (χ0n) is 13.1. The van der Waals surface area contributed by atoms with Crippen LogP contribution in [0.3, 0.4) is 0 Å². The predicted molar refractivity (Wildman–Crippen MR) is 84.5 cm³/mol. The summed E-state index contributed by atoms with van der Waals surface area (Å²) in [6.07, 6.45) is 2.48. The van der Waals surface area contributed by atoms with Crippen LogP contribution in [0.2, 0.25) is 0 Å². The van der Waals surface area contributed by atoms with E-state index in [-0.39, 0.29) is 5.91 Å². The molecule has 4 nitrogen and oxygen atoms in total. The van der Waals surface area contributed by atoms with Crippen molar-refractivity contribution in [3.63, 3.8) is 0 Å². The first-order valence-corrected chi connectivity index (χ1v) is 7.82. The summed E-state index contributed by atoms with van der Waals surface area (Å²) in [7, 11) is 0. The Hall–Kier alpha value is -1.55. The maximum absolute atomic E-state index is 11.9. The summed E-state index contributed by atoms with van der Waals surface area (Å²) in [5.74, 6) is 1.65. The first kappa shape index (κ1) is 15.8. The number of aryl methyl sites for hydroxylation is 1. The highest BCUT2D eigenvalue weighted by molar-refractivity contribution is 5.78. The van der Waals surface area contributed by atoms with Gasteiger partial charge in [-0.1, -0.05) is 19.1 Å². The molecule has 0 bridgehead atoms. The molecule has 0 saturated carbocycles. The van der Waals surface area contributed by atoms with Crippen LogP contribution < -0.4 is 10.1 Å². The summed E-state index contributed by atoms with van der Waals surface area (Å²) < 4.78 is 5.62. The van der Waals surface area contributed by atoms with E-state index < -0.39 is 0 Å². The lowest BCUT2D eigenvalue weighted by Crippen LogP contribution is -2.42. The number of nitrogens with one attached hydrogen (secondary N) is 1. The summed E-state index contributed by atoms with van der Waals surface area (Å²) in [6, 6.07) is 7.94. The maximum atomic E-state index is 11.9. The number of likely N-dealkylation sites (tertiary alicyclic amines) is 1. The fourth-order valence-corrected chi connectivity index (χ4v) is 2.75. The summed E-state index contributed by atoms with van der Waals surface area (Å²) in [5.41, 5.74) is 1.18. The minimum atomic E-state index is 0.0944. The molecule has 0 aromatic heterocycles. The van der Waals surface area contributed by atoms with E-state index in [1.54, 1.807) is 0 Å². The lowest BCUT2D eigenvalue weighted by Gasteiger charge is -2.30. The number of ether oxygens (including phenoxy) is 1. The molecule has 0 aliphatic carbocycles. The van der Waals surface area contributed by atoms with Crippen LogP contribution in [0.5, 0.6) is 5.75 Å². The highest BCUT2D eigenvalue weighted by Gasteiger charge is 2.18. The van der Waals surface area contributed by atoms with E-state index in [0.717, 1.165) is 18.8 Å². The predicted octanol–water partition coefficient (Wildman–Crippen LogP) is 2.22. The van der Waals surface area contributed by atoms with Crippen LogP contribution in [0, 0.1) is 12.8 Å². The molecule has 1 N–H and O–H groups in total. The second kappa shape index (κ2) is 8.03. The van der Waals surface area contributed by atoms with Crippen LogP contribution >= 0.6 is 0 Å². The van der Waals surface area contributed by atoms with E-state index in [4.69, 9.17) is 4.74 Å². The number of carbonyl (C=O) groups is 1. The fraction of sp³-hybridized carbons (Fsp3) is 0.588. The zero-order valence-corrected chi connectivity index (χ0v) is 13.1. The van der Waals surface area contributed by atoms with Gasteiger partial charge in [0.15, 0.2) is 0 Å².